The Morgan fingerprint density at radius 2 is 0.541 bits per heavy atom. The predicted octanol–water partition coefficient (Wildman–Crippen LogP) is 20.9. The zero-order valence-electron chi connectivity index (χ0n) is 55.1. The Morgan fingerprint density at radius 1 is 0.235 bits per heavy atom. The SMILES string of the molecule is c1ccc(N(c2ccccc2)c2cc3c4c(c2)N(c2ccccc2)c2cc5c(cc2B4c2ccccc2N3c2ccccc2)B2c3ccccc3N(c3ccccc3)c3cc(N(c4ccccc4C4CCCCC4)c4ccccc4C4CCCCC4)cc(c32)N5c2ccccc2)cc1. The van der Waals surface area contributed by atoms with Gasteiger partial charge < -0.3 is 29.4 Å². The number of nitrogens with zero attached hydrogens (tertiary/aromatic N) is 6. The third kappa shape index (κ3) is 9.62. The van der Waals surface area contributed by atoms with Crippen molar-refractivity contribution < 1.29 is 0 Å². The number of fused-ring (bicyclic) bond motifs is 8. The third-order valence-corrected chi connectivity index (χ3v) is 22.1. The van der Waals surface area contributed by atoms with Gasteiger partial charge in [0.05, 0.1) is 11.4 Å². The summed E-state index contributed by atoms with van der Waals surface area (Å²) in [5.41, 5.74) is 31.4. The second-order valence-electron chi connectivity index (χ2n) is 27.6. The van der Waals surface area contributed by atoms with E-state index in [4.69, 9.17) is 0 Å². The molecule has 0 amide bonds. The molecule has 6 aliphatic rings. The highest BCUT2D eigenvalue weighted by Gasteiger charge is 2.49. The average Bonchev–Trinajstić information content (AvgIpc) is 0.687. The Hall–Kier alpha value is -11.2. The summed E-state index contributed by atoms with van der Waals surface area (Å²) in [4.78, 5) is 15.6. The van der Waals surface area contributed by atoms with Gasteiger partial charge in [-0.3, -0.25) is 0 Å². The molecular weight excluding hydrogens is 1190 g/mol. The molecule has 13 aromatic carbocycles. The molecule has 0 N–H and O–H groups in total. The van der Waals surface area contributed by atoms with E-state index >= 15 is 0 Å². The van der Waals surface area contributed by atoms with Gasteiger partial charge in [-0.2, -0.15) is 0 Å². The van der Waals surface area contributed by atoms with E-state index in [1.54, 1.807) is 0 Å². The number of anilines is 18. The van der Waals surface area contributed by atoms with Crippen LogP contribution in [0.4, 0.5) is 102 Å². The van der Waals surface area contributed by atoms with Gasteiger partial charge in [0.1, 0.15) is 0 Å². The maximum atomic E-state index is 2.73. The number of hydrogen-bond donors (Lipinski definition) is 0. The van der Waals surface area contributed by atoms with E-state index in [2.05, 4.69) is 345 Å². The number of hydrogen-bond acceptors (Lipinski definition) is 6. The second-order valence-corrected chi connectivity index (χ2v) is 27.6. The molecule has 19 rings (SSSR count). The standard InChI is InChI=1S/C90H74B2N6/c1-9-33-63(34-10-1)73-49-25-29-53-79(73)98(80-54-30-26-50-74(80)64-35-11-2-12-36-64)72-59-86-90-88(60-72)97(70-47-23-8-24-48-70)84-62-83-77(61-78(84)92(90)76-52-28-32-56-82(76)95(86)68-43-19-6-20-44-68)91-75-51-27-31-55-81(75)94(67-41-17-5-18-42-67)85-57-71(58-87(89(85)91)96(83)69-45-21-7-22-46-69)93(65-37-13-3-14-38-65)66-39-15-4-16-40-66/h3-8,13-32,37-64H,1-2,9-12,33-36H2. The lowest BCUT2D eigenvalue weighted by Crippen LogP contribution is -2.65. The summed E-state index contributed by atoms with van der Waals surface area (Å²) < 4.78 is 0. The third-order valence-electron chi connectivity index (χ3n) is 22.1. The highest BCUT2D eigenvalue weighted by atomic mass is 15.2. The van der Waals surface area contributed by atoms with Gasteiger partial charge in [-0.15, -0.1) is 0 Å². The summed E-state index contributed by atoms with van der Waals surface area (Å²) in [5, 5.41) is 0. The lowest BCUT2D eigenvalue weighted by Gasteiger charge is -2.48. The van der Waals surface area contributed by atoms with Crippen LogP contribution >= 0.6 is 0 Å². The molecule has 13 aromatic rings. The normalized spacial score (nSPS) is 15.1. The number of rotatable bonds is 12. The van der Waals surface area contributed by atoms with Crippen LogP contribution in [0.5, 0.6) is 0 Å². The first kappa shape index (κ1) is 58.2. The van der Waals surface area contributed by atoms with Crippen LogP contribution in [0, 0.1) is 0 Å². The lowest BCUT2D eigenvalue weighted by atomic mass is 9.30. The zero-order valence-corrected chi connectivity index (χ0v) is 55.1. The van der Waals surface area contributed by atoms with Gasteiger partial charge in [-0.25, -0.2) is 0 Å². The molecule has 2 aliphatic carbocycles. The van der Waals surface area contributed by atoms with E-state index in [1.165, 1.54) is 148 Å². The summed E-state index contributed by atoms with van der Waals surface area (Å²) in [5.74, 6) is 0.941. The molecule has 98 heavy (non-hydrogen) atoms. The number of benzene rings is 13. The average molecular weight is 1260 g/mol. The molecule has 0 aromatic heterocycles. The van der Waals surface area contributed by atoms with Crippen molar-refractivity contribution in [1.29, 1.82) is 0 Å². The molecule has 2 saturated carbocycles. The Morgan fingerprint density at radius 3 is 0.918 bits per heavy atom. The fourth-order valence-electron chi connectivity index (χ4n) is 17.9. The van der Waals surface area contributed by atoms with E-state index in [-0.39, 0.29) is 13.4 Å². The molecular formula is C90H74B2N6. The van der Waals surface area contributed by atoms with Crippen LogP contribution in [-0.2, 0) is 0 Å². The Balaban J connectivity index is 0.922. The van der Waals surface area contributed by atoms with Gasteiger partial charge >= 0.3 is 0 Å². The fourth-order valence-corrected chi connectivity index (χ4v) is 17.9. The van der Waals surface area contributed by atoms with E-state index < -0.39 is 0 Å². The predicted molar refractivity (Wildman–Crippen MR) is 416 cm³/mol. The fraction of sp³-hybridized carbons (Fsp3) is 0.133. The summed E-state index contributed by atoms with van der Waals surface area (Å²) in [7, 11) is 0. The molecule has 0 radical (unpaired) electrons. The van der Waals surface area contributed by atoms with E-state index in [0.717, 1.165) is 62.6 Å². The lowest BCUT2D eigenvalue weighted by molar-refractivity contribution is 0.443. The molecule has 0 spiro atoms. The minimum absolute atomic E-state index is 0.150. The minimum atomic E-state index is -0.152. The van der Waals surface area contributed by atoms with Gasteiger partial charge in [0.2, 0.25) is 0 Å². The van der Waals surface area contributed by atoms with Crippen LogP contribution in [0.15, 0.2) is 315 Å². The highest BCUT2D eigenvalue weighted by molar-refractivity contribution is 7.03. The van der Waals surface area contributed by atoms with Crippen LogP contribution < -0.4 is 62.2 Å². The monoisotopic (exact) mass is 1260 g/mol. The molecule has 470 valence electrons. The first-order valence-electron chi connectivity index (χ1n) is 35.7. The smallest absolute Gasteiger partial charge is 0.252 e. The molecule has 8 heteroatoms. The summed E-state index contributed by atoms with van der Waals surface area (Å²) in [6.45, 7) is -0.302. The Kier molecular flexibility index (Phi) is 14.5. The van der Waals surface area contributed by atoms with Crippen molar-refractivity contribution >= 4 is 149 Å². The molecule has 0 unspecified atom stereocenters. The summed E-state index contributed by atoms with van der Waals surface area (Å²) in [6, 6.07) is 120. The quantitative estimate of drug-likeness (QED) is 0.113. The van der Waals surface area contributed by atoms with Crippen molar-refractivity contribution in [2.45, 2.75) is 76.0 Å². The minimum Gasteiger partial charge on any atom is -0.311 e. The first-order chi connectivity index (χ1) is 48.7. The molecule has 6 nitrogen and oxygen atoms in total. The van der Waals surface area contributed by atoms with Crippen molar-refractivity contribution in [3.63, 3.8) is 0 Å². The second kappa shape index (κ2) is 24.5. The molecule has 4 heterocycles. The highest BCUT2D eigenvalue weighted by Crippen LogP contribution is 2.54. The summed E-state index contributed by atoms with van der Waals surface area (Å²) in [6.07, 6.45) is 12.5. The van der Waals surface area contributed by atoms with Crippen molar-refractivity contribution in [3.8, 4) is 0 Å². The van der Waals surface area contributed by atoms with Crippen LogP contribution in [0.25, 0.3) is 0 Å². The van der Waals surface area contributed by atoms with E-state index in [1.807, 2.05) is 0 Å². The zero-order chi connectivity index (χ0) is 64.6. The largest absolute Gasteiger partial charge is 0.311 e. The van der Waals surface area contributed by atoms with Gasteiger partial charge in [-0.1, -0.05) is 227 Å². The van der Waals surface area contributed by atoms with Crippen molar-refractivity contribution in [2.24, 2.45) is 0 Å². The van der Waals surface area contributed by atoms with Crippen molar-refractivity contribution in [2.75, 3.05) is 29.4 Å². The maximum Gasteiger partial charge on any atom is 0.252 e. The van der Waals surface area contributed by atoms with E-state index in [9.17, 15) is 0 Å². The van der Waals surface area contributed by atoms with Crippen molar-refractivity contribution in [1.82, 2.24) is 0 Å². The maximum absolute atomic E-state index is 2.73. The van der Waals surface area contributed by atoms with Gasteiger partial charge in [0.15, 0.2) is 0 Å². The van der Waals surface area contributed by atoms with Gasteiger partial charge in [-0.05, 0) is 209 Å². The molecule has 0 atom stereocenters. The van der Waals surface area contributed by atoms with Gasteiger partial charge in [0, 0.05) is 91.0 Å². The summed E-state index contributed by atoms with van der Waals surface area (Å²) >= 11 is 0. The van der Waals surface area contributed by atoms with Crippen molar-refractivity contribution in [3.05, 3.63) is 327 Å². The van der Waals surface area contributed by atoms with Crippen LogP contribution in [0.3, 0.4) is 0 Å². The first-order valence-corrected chi connectivity index (χ1v) is 35.7. The molecule has 0 bridgehead atoms. The van der Waals surface area contributed by atoms with Crippen LogP contribution in [-0.4, -0.2) is 13.4 Å². The molecule has 2 fully saturated rings. The number of para-hydroxylation sites is 10. The van der Waals surface area contributed by atoms with E-state index in [0.29, 0.717) is 11.8 Å². The molecule has 0 saturated heterocycles. The molecule has 4 aliphatic heterocycles. The van der Waals surface area contributed by atoms with Gasteiger partial charge in [0.25, 0.3) is 13.4 Å². The van der Waals surface area contributed by atoms with Crippen LogP contribution in [0.2, 0.25) is 0 Å². The van der Waals surface area contributed by atoms with Crippen LogP contribution in [0.1, 0.15) is 87.2 Å². The Labute approximate surface area is 577 Å². The topological polar surface area (TPSA) is 19.4 Å². The Bertz CT molecular complexity index is 5020.